The van der Waals surface area contributed by atoms with Crippen molar-refractivity contribution in [2.75, 3.05) is 18.6 Å². The highest BCUT2D eigenvalue weighted by atomic mass is 32.2. The van der Waals surface area contributed by atoms with E-state index in [1.165, 1.54) is 20.1 Å². The Kier molecular flexibility index (Phi) is 5.28. The molecular formula is C13H13NO3S. The molecule has 4 nitrogen and oxygen atoms in total. The van der Waals surface area contributed by atoms with E-state index in [0.717, 1.165) is 11.8 Å². The van der Waals surface area contributed by atoms with Crippen LogP contribution in [0.1, 0.15) is 22.8 Å². The Labute approximate surface area is 110 Å². The van der Waals surface area contributed by atoms with E-state index < -0.39 is 5.97 Å². The fourth-order valence-corrected chi connectivity index (χ4v) is 1.57. The predicted molar refractivity (Wildman–Crippen MR) is 72.2 cm³/mol. The first-order valence-electron chi connectivity index (χ1n) is 5.14. The second-order valence-corrected chi connectivity index (χ2v) is 4.53. The second-order valence-electron chi connectivity index (χ2n) is 3.38. The first-order chi connectivity index (χ1) is 8.54. The zero-order valence-corrected chi connectivity index (χ0v) is 11.0. The average Bonchev–Trinajstić information content (AvgIpc) is 2.34. The number of hydrogen-bond donors (Lipinski definition) is 1. The fourth-order valence-electron chi connectivity index (χ4n) is 1.22. The standard InChI is InChI=1S/C13H13NO3S/c1-9(15)18-7-3-4-10-5-6-11(14)8-12(10)13(16)17-2/h5-6,8H,7,14H2,1-2H3. The molecule has 5 heteroatoms. The van der Waals surface area contributed by atoms with Crippen molar-refractivity contribution < 1.29 is 14.3 Å². The Bertz CT molecular complexity index is 529. The maximum Gasteiger partial charge on any atom is 0.339 e. The number of rotatable bonds is 2. The predicted octanol–water partition coefficient (Wildman–Crippen LogP) is 1.69. The van der Waals surface area contributed by atoms with E-state index in [1.54, 1.807) is 12.1 Å². The van der Waals surface area contributed by atoms with E-state index in [4.69, 9.17) is 5.73 Å². The summed E-state index contributed by atoms with van der Waals surface area (Å²) in [5.41, 5.74) is 6.95. The molecule has 0 saturated carbocycles. The van der Waals surface area contributed by atoms with Gasteiger partial charge in [0.1, 0.15) is 0 Å². The minimum Gasteiger partial charge on any atom is -0.465 e. The van der Waals surface area contributed by atoms with Gasteiger partial charge < -0.3 is 10.5 Å². The van der Waals surface area contributed by atoms with E-state index >= 15 is 0 Å². The van der Waals surface area contributed by atoms with Crippen LogP contribution in [0, 0.1) is 11.8 Å². The Morgan fingerprint density at radius 2 is 2.17 bits per heavy atom. The van der Waals surface area contributed by atoms with Crippen molar-refractivity contribution in [1.82, 2.24) is 0 Å². The molecule has 0 atom stereocenters. The highest BCUT2D eigenvalue weighted by molar-refractivity contribution is 8.13. The molecule has 1 aromatic carbocycles. The molecule has 0 bridgehead atoms. The van der Waals surface area contributed by atoms with Crippen molar-refractivity contribution in [1.29, 1.82) is 0 Å². The number of nitrogen functional groups attached to an aromatic ring is 1. The number of carbonyl (C=O) groups excluding carboxylic acids is 2. The summed E-state index contributed by atoms with van der Waals surface area (Å²) < 4.78 is 4.65. The van der Waals surface area contributed by atoms with Crippen LogP contribution < -0.4 is 5.73 Å². The number of carbonyl (C=O) groups is 2. The molecule has 0 aliphatic heterocycles. The minimum atomic E-state index is -0.481. The third kappa shape index (κ3) is 4.15. The Morgan fingerprint density at radius 1 is 1.44 bits per heavy atom. The Balaban J connectivity index is 2.94. The van der Waals surface area contributed by atoms with E-state index in [-0.39, 0.29) is 5.12 Å². The average molecular weight is 263 g/mol. The van der Waals surface area contributed by atoms with Gasteiger partial charge in [-0.25, -0.2) is 4.79 Å². The molecule has 2 N–H and O–H groups in total. The summed E-state index contributed by atoms with van der Waals surface area (Å²) >= 11 is 1.12. The zero-order valence-electron chi connectivity index (χ0n) is 10.1. The van der Waals surface area contributed by atoms with Crippen LogP contribution >= 0.6 is 11.8 Å². The Hall–Kier alpha value is -1.93. The van der Waals surface area contributed by atoms with Gasteiger partial charge in [-0.05, 0) is 18.2 Å². The van der Waals surface area contributed by atoms with E-state index in [1.807, 2.05) is 0 Å². The van der Waals surface area contributed by atoms with Crippen LogP contribution in [-0.2, 0) is 9.53 Å². The number of benzene rings is 1. The molecule has 1 rings (SSSR count). The van der Waals surface area contributed by atoms with Crippen LogP contribution in [0.25, 0.3) is 0 Å². The summed E-state index contributed by atoms with van der Waals surface area (Å²) in [6.45, 7) is 1.48. The molecule has 0 saturated heterocycles. The van der Waals surface area contributed by atoms with Gasteiger partial charge in [-0.2, -0.15) is 0 Å². The molecular weight excluding hydrogens is 250 g/mol. The van der Waals surface area contributed by atoms with Gasteiger partial charge in [-0.1, -0.05) is 23.6 Å². The number of hydrogen-bond acceptors (Lipinski definition) is 5. The van der Waals surface area contributed by atoms with Crippen LogP contribution in [0.3, 0.4) is 0 Å². The maximum absolute atomic E-state index is 11.5. The molecule has 0 radical (unpaired) electrons. The molecule has 1 aromatic rings. The molecule has 94 valence electrons. The molecule has 0 aliphatic carbocycles. The van der Waals surface area contributed by atoms with Crippen LogP contribution in [-0.4, -0.2) is 23.9 Å². The number of nitrogens with two attached hydrogens (primary N) is 1. The van der Waals surface area contributed by atoms with Crippen LogP contribution in [0.2, 0.25) is 0 Å². The number of ether oxygens (including phenoxy) is 1. The lowest BCUT2D eigenvalue weighted by Crippen LogP contribution is -2.05. The van der Waals surface area contributed by atoms with Crippen molar-refractivity contribution in [3.8, 4) is 11.8 Å². The second kappa shape index (κ2) is 6.72. The van der Waals surface area contributed by atoms with Gasteiger partial charge in [0, 0.05) is 18.2 Å². The van der Waals surface area contributed by atoms with Gasteiger partial charge >= 0.3 is 5.97 Å². The van der Waals surface area contributed by atoms with Gasteiger partial charge in [0.15, 0.2) is 5.12 Å². The normalized spacial score (nSPS) is 9.22. The van der Waals surface area contributed by atoms with Crippen LogP contribution in [0.5, 0.6) is 0 Å². The first kappa shape index (κ1) is 14.1. The lowest BCUT2D eigenvalue weighted by atomic mass is 10.1. The molecule has 0 fully saturated rings. The molecule has 0 amide bonds. The van der Waals surface area contributed by atoms with E-state index in [2.05, 4.69) is 16.6 Å². The first-order valence-corrected chi connectivity index (χ1v) is 6.13. The SMILES string of the molecule is COC(=O)c1cc(N)ccc1C#CCSC(C)=O. The van der Waals surface area contributed by atoms with Crippen LogP contribution in [0.4, 0.5) is 5.69 Å². The summed E-state index contributed by atoms with van der Waals surface area (Å²) in [7, 11) is 1.30. The molecule has 0 aromatic heterocycles. The Morgan fingerprint density at radius 3 is 2.78 bits per heavy atom. The number of thioether (sulfide) groups is 1. The van der Waals surface area contributed by atoms with Crippen molar-refractivity contribution in [3.05, 3.63) is 29.3 Å². The fraction of sp³-hybridized carbons (Fsp3) is 0.231. The quantitative estimate of drug-likeness (QED) is 0.499. The third-order valence-corrected chi connectivity index (χ3v) is 2.71. The lowest BCUT2D eigenvalue weighted by Gasteiger charge is -2.03. The summed E-state index contributed by atoms with van der Waals surface area (Å²) in [5.74, 6) is 5.56. The van der Waals surface area contributed by atoms with Crippen molar-refractivity contribution in [2.24, 2.45) is 0 Å². The largest absolute Gasteiger partial charge is 0.465 e. The summed E-state index contributed by atoms with van der Waals surface area (Å²) in [5, 5.41) is 0.00907. The molecule has 18 heavy (non-hydrogen) atoms. The highest BCUT2D eigenvalue weighted by Gasteiger charge is 2.10. The number of methoxy groups -OCH3 is 1. The van der Waals surface area contributed by atoms with E-state index in [0.29, 0.717) is 22.6 Å². The topological polar surface area (TPSA) is 69.4 Å². The van der Waals surface area contributed by atoms with Crippen LogP contribution in [0.15, 0.2) is 18.2 Å². The molecule has 0 unspecified atom stereocenters. The summed E-state index contributed by atoms with van der Waals surface area (Å²) in [6.07, 6.45) is 0. The van der Waals surface area contributed by atoms with Gasteiger partial charge in [-0.15, -0.1) is 0 Å². The number of esters is 1. The molecule has 0 heterocycles. The summed E-state index contributed by atoms with van der Waals surface area (Å²) in [6, 6.07) is 4.84. The van der Waals surface area contributed by atoms with Crippen molar-refractivity contribution >= 4 is 28.5 Å². The van der Waals surface area contributed by atoms with Crippen molar-refractivity contribution in [2.45, 2.75) is 6.92 Å². The number of anilines is 1. The minimum absolute atomic E-state index is 0.00907. The van der Waals surface area contributed by atoms with Crippen molar-refractivity contribution in [3.63, 3.8) is 0 Å². The molecule has 0 aliphatic rings. The van der Waals surface area contributed by atoms with Gasteiger partial charge in [-0.3, -0.25) is 4.79 Å². The summed E-state index contributed by atoms with van der Waals surface area (Å²) in [4.78, 5) is 22.2. The zero-order chi connectivity index (χ0) is 13.5. The maximum atomic E-state index is 11.5. The molecule has 0 spiro atoms. The van der Waals surface area contributed by atoms with Gasteiger partial charge in [0.2, 0.25) is 0 Å². The third-order valence-electron chi connectivity index (χ3n) is 2.02. The smallest absolute Gasteiger partial charge is 0.339 e. The van der Waals surface area contributed by atoms with Gasteiger partial charge in [0.25, 0.3) is 0 Å². The highest BCUT2D eigenvalue weighted by Crippen LogP contribution is 2.14. The van der Waals surface area contributed by atoms with E-state index in [9.17, 15) is 9.59 Å². The lowest BCUT2D eigenvalue weighted by molar-refractivity contribution is -0.109. The van der Waals surface area contributed by atoms with Gasteiger partial charge in [0.05, 0.1) is 18.4 Å². The monoisotopic (exact) mass is 263 g/mol.